The molecule has 0 aromatic rings. The number of carboxylic acids is 1. The Balaban J connectivity index is 2.48. The molecule has 0 saturated carbocycles. The minimum atomic E-state index is -1.17. The minimum absolute atomic E-state index is 0.270. The maximum absolute atomic E-state index is 11.9. The highest BCUT2D eigenvalue weighted by atomic mass is 16.6. The van der Waals surface area contributed by atoms with E-state index in [-0.39, 0.29) is 18.6 Å². The third-order valence-electron chi connectivity index (χ3n) is 2.32. The smallest absolute Gasteiger partial charge is 0.410 e. The Morgan fingerprint density at radius 2 is 2.16 bits per heavy atom. The Labute approximate surface area is 112 Å². The van der Waals surface area contributed by atoms with Crippen LogP contribution in [0.4, 0.5) is 4.79 Å². The lowest BCUT2D eigenvalue weighted by atomic mass is 10.2. The van der Waals surface area contributed by atoms with Crippen LogP contribution in [0.2, 0.25) is 0 Å². The summed E-state index contributed by atoms with van der Waals surface area (Å²) in [6.45, 7) is 6.66. The largest absolute Gasteiger partial charge is 0.472 e. The highest BCUT2D eigenvalue weighted by Gasteiger charge is 2.27. The van der Waals surface area contributed by atoms with Gasteiger partial charge in [-0.25, -0.2) is 9.59 Å². The van der Waals surface area contributed by atoms with Crippen molar-refractivity contribution < 1.29 is 24.2 Å². The molecule has 1 aliphatic rings. The molecule has 1 unspecified atom stereocenters. The first-order chi connectivity index (χ1) is 8.78. The molecule has 1 atom stereocenters. The van der Waals surface area contributed by atoms with Crippen molar-refractivity contribution in [3.63, 3.8) is 0 Å². The van der Waals surface area contributed by atoms with Gasteiger partial charge in [0.05, 0.1) is 19.3 Å². The van der Waals surface area contributed by atoms with Gasteiger partial charge in [-0.3, -0.25) is 0 Å². The number of hydrogen-bond acceptors (Lipinski definition) is 4. The van der Waals surface area contributed by atoms with E-state index in [0.29, 0.717) is 19.7 Å². The van der Waals surface area contributed by atoms with Crippen molar-refractivity contribution in [3.8, 4) is 11.8 Å². The van der Waals surface area contributed by atoms with Gasteiger partial charge in [0.1, 0.15) is 5.60 Å². The Morgan fingerprint density at radius 3 is 2.74 bits per heavy atom. The minimum Gasteiger partial charge on any atom is -0.472 e. The Hall–Kier alpha value is -1.74. The Kier molecular flexibility index (Phi) is 5.19. The van der Waals surface area contributed by atoms with Gasteiger partial charge in [0.2, 0.25) is 0 Å². The molecular weight excluding hydrogens is 250 g/mol. The van der Waals surface area contributed by atoms with Crippen molar-refractivity contribution in [1.29, 1.82) is 0 Å². The van der Waals surface area contributed by atoms with Crippen LogP contribution in [0.1, 0.15) is 27.2 Å². The van der Waals surface area contributed by atoms with E-state index < -0.39 is 11.6 Å². The van der Waals surface area contributed by atoms with Gasteiger partial charge in [0.15, 0.2) is 0 Å². The molecule has 0 aromatic carbocycles. The normalized spacial score (nSPS) is 19.3. The van der Waals surface area contributed by atoms with E-state index in [1.807, 2.05) is 5.92 Å². The maximum atomic E-state index is 11.9. The van der Waals surface area contributed by atoms with E-state index in [1.165, 1.54) is 0 Å². The molecule has 1 saturated heterocycles. The van der Waals surface area contributed by atoms with Gasteiger partial charge >= 0.3 is 12.1 Å². The highest BCUT2D eigenvalue weighted by molar-refractivity contribution is 5.86. The zero-order valence-electron chi connectivity index (χ0n) is 11.4. The van der Waals surface area contributed by atoms with Gasteiger partial charge in [0.25, 0.3) is 0 Å². The molecular formula is C13H19NO5. The summed E-state index contributed by atoms with van der Waals surface area (Å²) >= 11 is 0. The van der Waals surface area contributed by atoms with Crippen molar-refractivity contribution in [2.45, 2.75) is 38.9 Å². The molecule has 6 nitrogen and oxygen atoms in total. The molecule has 1 heterocycles. The first kappa shape index (κ1) is 15.3. The first-order valence-electron chi connectivity index (χ1n) is 6.09. The predicted octanol–water partition coefficient (Wildman–Crippen LogP) is 1.10. The average molecular weight is 269 g/mol. The van der Waals surface area contributed by atoms with E-state index in [4.69, 9.17) is 14.6 Å². The van der Waals surface area contributed by atoms with Gasteiger partial charge in [-0.2, -0.15) is 0 Å². The lowest BCUT2D eigenvalue weighted by Gasteiger charge is -2.33. The molecule has 0 aliphatic carbocycles. The van der Waals surface area contributed by atoms with Crippen molar-refractivity contribution in [1.82, 2.24) is 4.90 Å². The van der Waals surface area contributed by atoms with E-state index >= 15 is 0 Å². The predicted molar refractivity (Wildman–Crippen MR) is 67.6 cm³/mol. The van der Waals surface area contributed by atoms with E-state index in [9.17, 15) is 9.59 Å². The molecule has 1 N–H and O–H groups in total. The first-order valence-corrected chi connectivity index (χ1v) is 6.09. The van der Waals surface area contributed by atoms with Crippen LogP contribution >= 0.6 is 0 Å². The van der Waals surface area contributed by atoms with Crippen molar-refractivity contribution in [2.75, 3.05) is 19.7 Å². The number of aliphatic carboxylic acids is 1. The molecule has 1 rings (SSSR count). The number of amides is 1. The number of nitrogens with zero attached hydrogens (tertiary/aromatic N) is 1. The molecule has 106 valence electrons. The van der Waals surface area contributed by atoms with Crippen LogP contribution in [-0.2, 0) is 14.3 Å². The topological polar surface area (TPSA) is 76.1 Å². The van der Waals surface area contributed by atoms with E-state index in [1.54, 1.807) is 25.7 Å². The molecule has 6 heteroatoms. The summed E-state index contributed by atoms with van der Waals surface area (Å²) in [5.41, 5.74) is -0.534. The monoisotopic (exact) mass is 269 g/mol. The molecule has 0 radical (unpaired) electrons. The van der Waals surface area contributed by atoms with Crippen LogP contribution in [0.25, 0.3) is 0 Å². The van der Waals surface area contributed by atoms with Crippen molar-refractivity contribution in [3.05, 3.63) is 0 Å². The lowest BCUT2D eigenvalue weighted by molar-refractivity contribution is -0.130. The average Bonchev–Trinajstić information content (AvgIpc) is 2.26. The number of rotatable bonds is 1. The summed E-state index contributed by atoms with van der Waals surface area (Å²) in [5, 5.41) is 8.41. The molecule has 19 heavy (non-hydrogen) atoms. The third-order valence-corrected chi connectivity index (χ3v) is 2.32. The maximum Gasteiger partial charge on any atom is 0.410 e. The fourth-order valence-electron chi connectivity index (χ4n) is 1.58. The summed E-state index contributed by atoms with van der Waals surface area (Å²) < 4.78 is 10.7. The van der Waals surface area contributed by atoms with E-state index in [0.717, 1.165) is 0 Å². The van der Waals surface area contributed by atoms with Crippen LogP contribution < -0.4 is 0 Å². The highest BCUT2D eigenvalue weighted by Crippen LogP contribution is 2.14. The van der Waals surface area contributed by atoms with E-state index in [2.05, 4.69) is 5.92 Å². The molecule has 0 aromatic heterocycles. The number of carbonyl (C=O) groups is 2. The SMILES string of the molecule is CC(C)(C)OC(=O)N1CCOC(CC#CC(=O)O)C1. The fraction of sp³-hybridized carbons (Fsp3) is 0.692. The van der Waals surface area contributed by atoms with Crippen LogP contribution in [0.5, 0.6) is 0 Å². The van der Waals surface area contributed by atoms with Gasteiger partial charge in [-0.15, -0.1) is 0 Å². The van der Waals surface area contributed by atoms with Gasteiger partial charge in [-0.1, -0.05) is 5.92 Å². The van der Waals surface area contributed by atoms with Crippen LogP contribution in [0.3, 0.4) is 0 Å². The van der Waals surface area contributed by atoms with Crippen molar-refractivity contribution in [2.24, 2.45) is 0 Å². The second-order valence-electron chi connectivity index (χ2n) is 5.23. The second kappa shape index (κ2) is 6.43. The lowest BCUT2D eigenvalue weighted by Crippen LogP contribution is -2.47. The molecule has 0 spiro atoms. The third kappa shape index (κ3) is 6.11. The fourth-order valence-corrected chi connectivity index (χ4v) is 1.58. The molecule has 1 aliphatic heterocycles. The molecule has 1 fully saturated rings. The Bertz CT molecular complexity index is 401. The Morgan fingerprint density at radius 1 is 1.47 bits per heavy atom. The quantitative estimate of drug-likeness (QED) is 0.721. The number of ether oxygens (including phenoxy) is 2. The standard InChI is InChI=1S/C13H19NO5/c1-13(2,3)19-12(17)14-7-8-18-10(9-14)5-4-6-11(15)16/h10H,5,7-9H2,1-3H3,(H,15,16). The zero-order chi connectivity index (χ0) is 14.5. The number of hydrogen-bond donors (Lipinski definition) is 1. The molecule has 0 bridgehead atoms. The summed E-state index contributed by atoms with van der Waals surface area (Å²) in [5.74, 6) is 3.37. The summed E-state index contributed by atoms with van der Waals surface area (Å²) in [6, 6.07) is 0. The second-order valence-corrected chi connectivity index (χ2v) is 5.23. The van der Waals surface area contributed by atoms with Crippen LogP contribution in [0.15, 0.2) is 0 Å². The van der Waals surface area contributed by atoms with Crippen LogP contribution in [0, 0.1) is 11.8 Å². The number of carboxylic acid groups (broad SMARTS) is 1. The number of morpholine rings is 1. The number of carbonyl (C=O) groups excluding carboxylic acids is 1. The molecule has 1 amide bonds. The van der Waals surface area contributed by atoms with Gasteiger partial charge in [-0.05, 0) is 20.8 Å². The van der Waals surface area contributed by atoms with Gasteiger partial charge < -0.3 is 19.5 Å². The zero-order valence-corrected chi connectivity index (χ0v) is 11.4. The summed E-state index contributed by atoms with van der Waals surface area (Å²) in [4.78, 5) is 23.7. The van der Waals surface area contributed by atoms with Gasteiger partial charge in [0, 0.05) is 18.9 Å². The summed E-state index contributed by atoms with van der Waals surface area (Å²) in [7, 11) is 0. The summed E-state index contributed by atoms with van der Waals surface area (Å²) in [6.07, 6.45) is -0.369. The van der Waals surface area contributed by atoms with Crippen molar-refractivity contribution >= 4 is 12.1 Å². The van der Waals surface area contributed by atoms with Crippen LogP contribution in [-0.4, -0.2) is 53.5 Å².